The number of carboxylic acids is 1. The molecule has 0 bridgehead atoms. The molecule has 1 aromatic carbocycles. The molecule has 0 aliphatic rings. The van der Waals surface area contributed by atoms with Gasteiger partial charge in [-0.05, 0) is 30.7 Å². The summed E-state index contributed by atoms with van der Waals surface area (Å²) in [6.07, 6.45) is 1.37. The Bertz CT molecular complexity index is 797. The highest BCUT2D eigenvalue weighted by Gasteiger charge is 2.14. The van der Waals surface area contributed by atoms with Crippen LogP contribution in [0.1, 0.15) is 26.4 Å². The number of rotatable bonds is 5. The lowest BCUT2D eigenvalue weighted by Gasteiger charge is -2.08. The molecule has 0 aliphatic heterocycles. The average Bonchev–Trinajstić information content (AvgIpc) is 2.95. The number of carbonyl (C=O) groups is 3. The molecular formula is C15H17N5O4. The van der Waals surface area contributed by atoms with Crippen molar-refractivity contribution in [1.29, 1.82) is 0 Å². The summed E-state index contributed by atoms with van der Waals surface area (Å²) in [5.74, 6) is -1.70. The zero-order chi connectivity index (χ0) is 17.9. The predicted octanol–water partition coefficient (Wildman–Crippen LogP) is 0.625. The Kier molecular flexibility index (Phi) is 4.93. The van der Waals surface area contributed by atoms with Gasteiger partial charge in [0.1, 0.15) is 6.54 Å². The van der Waals surface area contributed by atoms with E-state index >= 15 is 0 Å². The number of benzene rings is 1. The van der Waals surface area contributed by atoms with E-state index in [1.807, 2.05) is 0 Å². The lowest BCUT2D eigenvalue weighted by molar-refractivity contribution is -0.129. The van der Waals surface area contributed by atoms with Gasteiger partial charge in [0.25, 0.3) is 5.91 Å². The Balaban J connectivity index is 2.08. The molecule has 9 heteroatoms. The second-order valence-corrected chi connectivity index (χ2v) is 5.38. The number of aromatic carboxylic acids is 1. The summed E-state index contributed by atoms with van der Waals surface area (Å²) < 4.78 is 1.27. The first-order valence-electron chi connectivity index (χ1n) is 7.03. The molecule has 126 valence electrons. The second kappa shape index (κ2) is 6.90. The van der Waals surface area contributed by atoms with Crippen LogP contribution in [0.25, 0.3) is 0 Å². The van der Waals surface area contributed by atoms with Crippen LogP contribution in [0.5, 0.6) is 0 Å². The smallest absolute Gasteiger partial charge is 0.335 e. The van der Waals surface area contributed by atoms with E-state index in [2.05, 4.69) is 15.6 Å². The van der Waals surface area contributed by atoms with Crippen LogP contribution in [-0.2, 0) is 11.3 Å². The first kappa shape index (κ1) is 17.1. The zero-order valence-electron chi connectivity index (χ0n) is 13.5. The first-order valence-corrected chi connectivity index (χ1v) is 7.03. The van der Waals surface area contributed by atoms with Gasteiger partial charge < -0.3 is 15.3 Å². The Labute approximate surface area is 137 Å². The number of carboxylic acid groups (broad SMARTS) is 1. The third-order valence-electron chi connectivity index (χ3n) is 3.28. The topological polar surface area (TPSA) is 117 Å². The fourth-order valence-corrected chi connectivity index (χ4v) is 1.94. The van der Waals surface area contributed by atoms with Crippen LogP contribution in [0.4, 0.5) is 5.69 Å². The second-order valence-electron chi connectivity index (χ2n) is 5.38. The van der Waals surface area contributed by atoms with E-state index in [0.29, 0.717) is 11.3 Å². The van der Waals surface area contributed by atoms with E-state index in [-0.39, 0.29) is 23.7 Å². The van der Waals surface area contributed by atoms with Crippen LogP contribution < -0.4 is 5.32 Å². The number of aryl methyl sites for hydroxylation is 1. The highest BCUT2D eigenvalue weighted by molar-refractivity contribution is 6.03. The number of aromatic nitrogens is 3. The van der Waals surface area contributed by atoms with E-state index in [1.165, 1.54) is 27.9 Å². The van der Waals surface area contributed by atoms with E-state index in [1.54, 1.807) is 27.1 Å². The number of amides is 2. The quantitative estimate of drug-likeness (QED) is 0.829. The third kappa shape index (κ3) is 3.94. The minimum absolute atomic E-state index is 0.0142. The molecular weight excluding hydrogens is 314 g/mol. The normalized spacial score (nSPS) is 10.3. The number of nitrogens with one attached hydrogen (secondary N) is 1. The van der Waals surface area contributed by atoms with Gasteiger partial charge in [-0.15, -0.1) is 5.10 Å². The fraction of sp³-hybridized carbons (Fsp3) is 0.267. The Hall–Kier alpha value is -3.23. The van der Waals surface area contributed by atoms with Crippen molar-refractivity contribution in [1.82, 2.24) is 19.9 Å². The fourth-order valence-electron chi connectivity index (χ4n) is 1.94. The molecule has 2 aromatic rings. The van der Waals surface area contributed by atoms with Gasteiger partial charge in [-0.25, -0.2) is 9.48 Å². The molecule has 0 unspecified atom stereocenters. The number of anilines is 1. The summed E-state index contributed by atoms with van der Waals surface area (Å²) >= 11 is 0. The number of carbonyl (C=O) groups excluding carboxylic acids is 2. The van der Waals surface area contributed by atoms with Crippen LogP contribution in [0.15, 0.2) is 24.4 Å². The van der Waals surface area contributed by atoms with Crippen molar-refractivity contribution < 1.29 is 19.5 Å². The SMILES string of the molecule is Cc1cc(NC(=O)c2cn(CC(=O)N(C)C)nn2)ccc1C(=O)O. The standard InChI is InChI=1S/C15H17N5O4/c1-9-6-10(4-5-11(9)15(23)24)16-14(22)12-7-20(18-17-12)8-13(21)19(2)3/h4-7H,8H2,1-3H3,(H,16,22)(H,23,24). The van der Waals surface area contributed by atoms with Gasteiger partial charge in [-0.3, -0.25) is 9.59 Å². The monoisotopic (exact) mass is 331 g/mol. The maximum atomic E-state index is 12.1. The molecule has 0 atom stereocenters. The highest BCUT2D eigenvalue weighted by Crippen LogP contribution is 2.16. The summed E-state index contributed by atoms with van der Waals surface area (Å²) in [6.45, 7) is 1.63. The average molecular weight is 331 g/mol. The van der Waals surface area contributed by atoms with Crippen LogP contribution in [-0.4, -0.2) is 56.9 Å². The van der Waals surface area contributed by atoms with Gasteiger partial charge in [0.05, 0.1) is 11.8 Å². The van der Waals surface area contributed by atoms with Crippen molar-refractivity contribution in [3.63, 3.8) is 0 Å². The van der Waals surface area contributed by atoms with Gasteiger partial charge in [0.15, 0.2) is 5.69 Å². The largest absolute Gasteiger partial charge is 0.478 e. The van der Waals surface area contributed by atoms with Crippen molar-refractivity contribution in [3.05, 3.63) is 41.2 Å². The van der Waals surface area contributed by atoms with Crippen LogP contribution in [0.3, 0.4) is 0 Å². The van der Waals surface area contributed by atoms with Crippen LogP contribution in [0.2, 0.25) is 0 Å². The van der Waals surface area contributed by atoms with E-state index in [0.717, 1.165) is 0 Å². The van der Waals surface area contributed by atoms with Crippen molar-refractivity contribution in [2.75, 3.05) is 19.4 Å². The number of likely N-dealkylation sites (N-methyl/N-ethyl adjacent to an activating group) is 1. The van der Waals surface area contributed by atoms with Gasteiger partial charge in [-0.1, -0.05) is 5.21 Å². The summed E-state index contributed by atoms with van der Waals surface area (Å²) in [5.41, 5.74) is 1.20. The molecule has 9 nitrogen and oxygen atoms in total. The number of hydrogen-bond acceptors (Lipinski definition) is 5. The Morgan fingerprint density at radius 2 is 2.00 bits per heavy atom. The molecule has 0 spiro atoms. The number of nitrogens with zero attached hydrogens (tertiary/aromatic N) is 4. The van der Waals surface area contributed by atoms with Crippen LogP contribution >= 0.6 is 0 Å². The van der Waals surface area contributed by atoms with E-state index in [4.69, 9.17) is 5.11 Å². The molecule has 0 radical (unpaired) electrons. The molecule has 0 saturated carbocycles. The Morgan fingerprint density at radius 1 is 1.29 bits per heavy atom. The maximum Gasteiger partial charge on any atom is 0.335 e. The van der Waals surface area contributed by atoms with Gasteiger partial charge in [-0.2, -0.15) is 0 Å². The van der Waals surface area contributed by atoms with Crippen molar-refractivity contribution in [2.24, 2.45) is 0 Å². The molecule has 0 saturated heterocycles. The highest BCUT2D eigenvalue weighted by atomic mass is 16.4. The summed E-state index contributed by atoms with van der Waals surface area (Å²) in [6, 6.07) is 4.47. The molecule has 2 rings (SSSR count). The van der Waals surface area contributed by atoms with Gasteiger partial charge >= 0.3 is 5.97 Å². The summed E-state index contributed by atoms with van der Waals surface area (Å²) in [5, 5.41) is 19.1. The molecule has 0 aliphatic carbocycles. The molecule has 0 fully saturated rings. The molecule has 2 amide bonds. The molecule has 1 heterocycles. The Morgan fingerprint density at radius 3 is 2.58 bits per heavy atom. The van der Waals surface area contributed by atoms with Gasteiger partial charge in [0, 0.05) is 19.8 Å². The van der Waals surface area contributed by atoms with Crippen LogP contribution in [0, 0.1) is 6.92 Å². The number of hydrogen-bond donors (Lipinski definition) is 2. The molecule has 1 aromatic heterocycles. The summed E-state index contributed by atoms with van der Waals surface area (Å²) in [7, 11) is 3.24. The van der Waals surface area contributed by atoms with Crippen molar-refractivity contribution in [2.45, 2.75) is 13.5 Å². The van der Waals surface area contributed by atoms with Crippen molar-refractivity contribution in [3.8, 4) is 0 Å². The zero-order valence-corrected chi connectivity index (χ0v) is 13.5. The molecule has 2 N–H and O–H groups in total. The lowest BCUT2D eigenvalue weighted by atomic mass is 10.1. The first-order chi connectivity index (χ1) is 11.3. The summed E-state index contributed by atoms with van der Waals surface area (Å²) in [4.78, 5) is 36.1. The maximum absolute atomic E-state index is 12.1. The third-order valence-corrected chi connectivity index (χ3v) is 3.28. The van der Waals surface area contributed by atoms with E-state index < -0.39 is 11.9 Å². The molecule has 24 heavy (non-hydrogen) atoms. The lowest BCUT2D eigenvalue weighted by Crippen LogP contribution is -2.26. The predicted molar refractivity (Wildman–Crippen MR) is 84.8 cm³/mol. The minimum Gasteiger partial charge on any atom is -0.478 e. The minimum atomic E-state index is -1.03. The van der Waals surface area contributed by atoms with Gasteiger partial charge in [0.2, 0.25) is 5.91 Å². The van der Waals surface area contributed by atoms with E-state index in [9.17, 15) is 14.4 Å². The van der Waals surface area contributed by atoms with Crippen molar-refractivity contribution >= 4 is 23.5 Å².